The van der Waals surface area contributed by atoms with Crippen LogP contribution >= 0.6 is 12.2 Å². The second-order valence-corrected chi connectivity index (χ2v) is 6.53. The molecule has 0 unspecified atom stereocenters. The van der Waals surface area contributed by atoms with E-state index in [-0.39, 0.29) is 5.03 Å². The minimum absolute atomic E-state index is 0.0637. The van der Waals surface area contributed by atoms with Gasteiger partial charge >= 0.3 is 0 Å². The number of aromatic nitrogens is 2. The molecule has 3 N–H and O–H groups in total. The van der Waals surface area contributed by atoms with Crippen LogP contribution in [0.2, 0.25) is 0 Å². The average molecular weight is 304 g/mol. The van der Waals surface area contributed by atoms with E-state index in [9.17, 15) is 8.42 Å². The van der Waals surface area contributed by atoms with Crippen molar-refractivity contribution in [1.82, 2.24) is 14.3 Å². The molecule has 0 aliphatic rings. The number of nitrogens with one attached hydrogen (secondary N) is 1. The van der Waals surface area contributed by atoms with Crippen molar-refractivity contribution in [2.45, 2.75) is 44.7 Å². The first kappa shape index (κ1) is 16.1. The fourth-order valence-electron chi connectivity index (χ4n) is 1.62. The van der Waals surface area contributed by atoms with Gasteiger partial charge in [-0.2, -0.15) is 0 Å². The predicted molar refractivity (Wildman–Crippen MR) is 78.5 cm³/mol. The van der Waals surface area contributed by atoms with Crippen LogP contribution in [0.25, 0.3) is 0 Å². The normalized spacial score (nSPS) is 11.7. The fraction of sp³-hybridized carbons (Fsp3) is 0.636. The predicted octanol–water partition coefficient (Wildman–Crippen LogP) is 0.946. The van der Waals surface area contributed by atoms with Gasteiger partial charge in [-0.15, -0.1) is 0 Å². The van der Waals surface area contributed by atoms with Crippen LogP contribution in [-0.2, 0) is 16.6 Å². The lowest BCUT2D eigenvalue weighted by atomic mass is 10.3. The lowest BCUT2D eigenvalue weighted by Gasteiger charge is -2.03. The number of hydrogen-bond acceptors (Lipinski definition) is 4. The molecule has 0 aliphatic heterocycles. The first-order valence-electron chi connectivity index (χ1n) is 6.18. The Hall–Kier alpha value is -0.990. The summed E-state index contributed by atoms with van der Waals surface area (Å²) < 4.78 is 28.3. The molecule has 0 saturated heterocycles. The molecule has 0 atom stereocenters. The van der Waals surface area contributed by atoms with E-state index in [0.717, 1.165) is 13.0 Å². The van der Waals surface area contributed by atoms with Crippen molar-refractivity contribution < 1.29 is 8.42 Å². The van der Waals surface area contributed by atoms with E-state index in [1.807, 2.05) is 11.5 Å². The molecule has 108 valence electrons. The number of nitrogens with two attached hydrogens (primary N) is 1. The minimum Gasteiger partial charge on any atom is -0.393 e. The number of imidazole rings is 1. The van der Waals surface area contributed by atoms with Gasteiger partial charge in [0.15, 0.2) is 5.03 Å². The molecule has 0 aromatic carbocycles. The summed E-state index contributed by atoms with van der Waals surface area (Å²) in [5.41, 5.74) is 5.35. The maximum absolute atomic E-state index is 12.0. The molecule has 0 amide bonds. The third-order valence-electron chi connectivity index (χ3n) is 2.59. The smallest absolute Gasteiger partial charge is 0.259 e. The highest BCUT2D eigenvalue weighted by Gasteiger charge is 2.18. The highest BCUT2D eigenvalue weighted by Crippen LogP contribution is 2.09. The maximum Gasteiger partial charge on any atom is 0.259 e. The Morgan fingerprint density at radius 2 is 2.26 bits per heavy atom. The van der Waals surface area contributed by atoms with Crippen LogP contribution in [0.1, 0.15) is 32.0 Å². The molecule has 8 heteroatoms. The molecule has 1 rings (SSSR count). The molecule has 0 radical (unpaired) electrons. The van der Waals surface area contributed by atoms with E-state index < -0.39 is 10.0 Å². The van der Waals surface area contributed by atoms with E-state index in [0.29, 0.717) is 30.2 Å². The largest absolute Gasteiger partial charge is 0.393 e. The number of aryl methyl sites for hydroxylation is 2. The zero-order valence-corrected chi connectivity index (χ0v) is 12.9. The Balaban J connectivity index is 2.66. The van der Waals surface area contributed by atoms with Gasteiger partial charge in [0, 0.05) is 19.3 Å². The van der Waals surface area contributed by atoms with Gasteiger partial charge in [0.2, 0.25) is 0 Å². The zero-order valence-electron chi connectivity index (χ0n) is 11.2. The summed E-state index contributed by atoms with van der Waals surface area (Å²) >= 11 is 4.73. The molecule has 0 fully saturated rings. The Kier molecular flexibility index (Phi) is 5.89. The SMILES string of the molecule is CCCn1cc(S(=O)(=O)NCCCC(N)=S)nc1C. The second-order valence-electron chi connectivity index (χ2n) is 4.29. The van der Waals surface area contributed by atoms with Crippen LogP contribution < -0.4 is 10.5 Å². The van der Waals surface area contributed by atoms with E-state index in [2.05, 4.69) is 9.71 Å². The summed E-state index contributed by atoms with van der Waals surface area (Å²) in [6.07, 6.45) is 3.61. The maximum atomic E-state index is 12.0. The molecule has 0 aliphatic carbocycles. The molecule has 0 saturated carbocycles. The average Bonchev–Trinajstić information content (AvgIpc) is 2.68. The molecular formula is C11H20N4O2S2. The summed E-state index contributed by atoms with van der Waals surface area (Å²) in [6, 6.07) is 0. The van der Waals surface area contributed by atoms with Gasteiger partial charge in [-0.3, -0.25) is 0 Å². The molecule has 1 aromatic heterocycles. The quantitative estimate of drug-likeness (QED) is 0.551. The van der Waals surface area contributed by atoms with Crippen LogP contribution in [0, 0.1) is 6.92 Å². The molecule has 1 heterocycles. The third kappa shape index (κ3) is 4.88. The van der Waals surface area contributed by atoms with Gasteiger partial charge in [-0.25, -0.2) is 18.1 Å². The third-order valence-corrected chi connectivity index (χ3v) is 4.12. The summed E-state index contributed by atoms with van der Waals surface area (Å²) in [6.45, 7) is 4.89. The zero-order chi connectivity index (χ0) is 14.5. The van der Waals surface area contributed by atoms with E-state index >= 15 is 0 Å². The highest BCUT2D eigenvalue weighted by atomic mass is 32.2. The van der Waals surface area contributed by atoms with Gasteiger partial charge < -0.3 is 10.3 Å². The molecular weight excluding hydrogens is 284 g/mol. The molecule has 6 nitrogen and oxygen atoms in total. The lowest BCUT2D eigenvalue weighted by Crippen LogP contribution is -2.26. The number of rotatable bonds is 8. The summed E-state index contributed by atoms with van der Waals surface area (Å²) in [4.78, 5) is 4.47. The standard InChI is InChI=1S/C11H20N4O2S2/c1-3-7-15-8-11(14-9(15)2)19(16,17)13-6-4-5-10(12)18/h8,13H,3-7H2,1-2H3,(H2,12,18). The van der Waals surface area contributed by atoms with Crippen molar-refractivity contribution in [2.24, 2.45) is 5.73 Å². The van der Waals surface area contributed by atoms with E-state index in [1.165, 1.54) is 0 Å². The Morgan fingerprint density at radius 3 is 2.84 bits per heavy atom. The van der Waals surface area contributed by atoms with Crippen molar-refractivity contribution in [1.29, 1.82) is 0 Å². The fourth-order valence-corrected chi connectivity index (χ4v) is 2.84. The van der Waals surface area contributed by atoms with Crippen molar-refractivity contribution in [3.63, 3.8) is 0 Å². The van der Waals surface area contributed by atoms with Crippen molar-refractivity contribution in [3.8, 4) is 0 Å². The first-order chi connectivity index (χ1) is 8.86. The Labute approximate surface area is 119 Å². The van der Waals surface area contributed by atoms with Gasteiger partial charge in [-0.05, 0) is 26.2 Å². The van der Waals surface area contributed by atoms with Crippen LogP contribution in [0.15, 0.2) is 11.2 Å². The van der Waals surface area contributed by atoms with Gasteiger partial charge in [-0.1, -0.05) is 19.1 Å². The van der Waals surface area contributed by atoms with Crippen molar-refractivity contribution >= 4 is 27.2 Å². The topological polar surface area (TPSA) is 90.0 Å². The van der Waals surface area contributed by atoms with Gasteiger partial charge in [0.25, 0.3) is 10.0 Å². The Morgan fingerprint density at radius 1 is 1.58 bits per heavy atom. The lowest BCUT2D eigenvalue weighted by molar-refractivity contribution is 0.576. The monoisotopic (exact) mass is 304 g/mol. The molecule has 0 bridgehead atoms. The van der Waals surface area contributed by atoms with Crippen molar-refractivity contribution in [3.05, 3.63) is 12.0 Å². The van der Waals surface area contributed by atoms with Gasteiger partial charge in [0.1, 0.15) is 5.82 Å². The van der Waals surface area contributed by atoms with Crippen LogP contribution in [0.5, 0.6) is 0 Å². The molecule has 0 spiro atoms. The Bertz CT molecular complexity index is 537. The van der Waals surface area contributed by atoms with Crippen LogP contribution in [0.4, 0.5) is 0 Å². The van der Waals surface area contributed by atoms with Crippen molar-refractivity contribution in [2.75, 3.05) is 6.54 Å². The summed E-state index contributed by atoms with van der Waals surface area (Å²) in [7, 11) is -3.54. The summed E-state index contributed by atoms with van der Waals surface area (Å²) in [5.74, 6) is 0.699. The number of thiocarbonyl (C=S) groups is 1. The van der Waals surface area contributed by atoms with Gasteiger partial charge in [0.05, 0.1) is 4.99 Å². The number of hydrogen-bond donors (Lipinski definition) is 2. The van der Waals surface area contributed by atoms with Crippen LogP contribution in [-0.4, -0.2) is 29.5 Å². The van der Waals surface area contributed by atoms with E-state index in [4.69, 9.17) is 18.0 Å². The highest BCUT2D eigenvalue weighted by molar-refractivity contribution is 7.89. The molecule has 19 heavy (non-hydrogen) atoms. The first-order valence-corrected chi connectivity index (χ1v) is 8.07. The van der Waals surface area contributed by atoms with Crippen LogP contribution in [0.3, 0.4) is 0 Å². The van der Waals surface area contributed by atoms with E-state index in [1.54, 1.807) is 13.1 Å². The number of sulfonamides is 1. The molecule has 1 aromatic rings. The minimum atomic E-state index is -3.54. The second kappa shape index (κ2) is 6.97. The number of nitrogens with zero attached hydrogens (tertiary/aromatic N) is 2. The summed E-state index contributed by atoms with van der Waals surface area (Å²) in [5, 5.41) is 0.0637.